The van der Waals surface area contributed by atoms with Crippen molar-refractivity contribution in [1.29, 1.82) is 0 Å². The smallest absolute Gasteiger partial charge is 0.321 e. The molecule has 2 aromatic carbocycles. The fourth-order valence-corrected chi connectivity index (χ4v) is 3.94. The molecule has 0 aliphatic carbocycles. The minimum atomic E-state index is -0.0562. The molecule has 3 rings (SSSR count). The van der Waals surface area contributed by atoms with E-state index in [9.17, 15) is 9.59 Å². The second-order valence-corrected chi connectivity index (χ2v) is 8.38. The average Bonchev–Trinajstić information content (AvgIpc) is 2.82. The molecule has 1 heterocycles. The van der Waals surface area contributed by atoms with Crippen LogP contribution < -0.4 is 15.5 Å². The van der Waals surface area contributed by atoms with Crippen molar-refractivity contribution in [1.82, 2.24) is 4.90 Å². The lowest BCUT2D eigenvalue weighted by molar-refractivity contribution is -0.116. The summed E-state index contributed by atoms with van der Waals surface area (Å²) in [5, 5.41) is 5.95. The molecule has 0 spiro atoms. The lowest BCUT2D eigenvalue weighted by Crippen LogP contribution is -2.50. The van der Waals surface area contributed by atoms with Crippen LogP contribution in [-0.4, -0.2) is 43.0 Å². The van der Waals surface area contributed by atoms with Crippen molar-refractivity contribution in [2.24, 2.45) is 0 Å². The van der Waals surface area contributed by atoms with E-state index in [4.69, 9.17) is 0 Å². The van der Waals surface area contributed by atoms with Crippen LogP contribution in [0.3, 0.4) is 0 Å². The van der Waals surface area contributed by atoms with Gasteiger partial charge in [0.25, 0.3) is 0 Å². The Labute approximate surface area is 192 Å². The molecule has 3 amide bonds. The van der Waals surface area contributed by atoms with E-state index in [-0.39, 0.29) is 11.9 Å². The highest BCUT2D eigenvalue weighted by Crippen LogP contribution is 2.20. The molecule has 6 nitrogen and oxygen atoms in total. The number of benzene rings is 2. The molecule has 172 valence electrons. The van der Waals surface area contributed by atoms with E-state index in [1.165, 1.54) is 25.7 Å². The topological polar surface area (TPSA) is 64.7 Å². The van der Waals surface area contributed by atoms with Crippen LogP contribution in [0.15, 0.2) is 54.6 Å². The number of carbonyl (C=O) groups excluding carboxylic acids is 2. The van der Waals surface area contributed by atoms with Gasteiger partial charge in [0, 0.05) is 49.7 Å². The Hall–Kier alpha value is -3.02. The minimum absolute atomic E-state index is 0.0562. The van der Waals surface area contributed by atoms with E-state index in [2.05, 4.69) is 22.5 Å². The van der Waals surface area contributed by atoms with Crippen LogP contribution in [0.2, 0.25) is 0 Å². The molecule has 2 aromatic rings. The highest BCUT2D eigenvalue weighted by atomic mass is 16.2. The van der Waals surface area contributed by atoms with Gasteiger partial charge >= 0.3 is 6.03 Å². The first-order valence-electron chi connectivity index (χ1n) is 11.9. The molecular formula is C26H36N4O2. The fraction of sp³-hybridized carbons (Fsp3) is 0.462. The second kappa shape index (κ2) is 12.7. The number of nitrogens with zero attached hydrogens (tertiary/aromatic N) is 2. The zero-order valence-corrected chi connectivity index (χ0v) is 19.2. The number of hydrogen-bond donors (Lipinski definition) is 2. The zero-order chi connectivity index (χ0) is 22.6. The summed E-state index contributed by atoms with van der Waals surface area (Å²) < 4.78 is 0. The maximum atomic E-state index is 12.5. The number of unbranched alkanes of at least 4 members (excludes halogenated alkanes) is 5. The third-order valence-electron chi connectivity index (χ3n) is 5.87. The quantitative estimate of drug-likeness (QED) is 0.468. The van der Waals surface area contributed by atoms with Gasteiger partial charge in [-0.15, -0.1) is 0 Å². The SMILES string of the molecule is CCCCCCCCC(=O)Nc1ccc(N2CCN(C(=O)Nc3ccccc3)CC2)cc1. The number of hydrogen-bond acceptors (Lipinski definition) is 3. The van der Waals surface area contributed by atoms with Gasteiger partial charge in [-0.25, -0.2) is 4.79 Å². The van der Waals surface area contributed by atoms with Gasteiger partial charge in [0.1, 0.15) is 0 Å². The lowest BCUT2D eigenvalue weighted by Gasteiger charge is -2.36. The van der Waals surface area contributed by atoms with Gasteiger partial charge in [0.05, 0.1) is 0 Å². The normalized spacial score (nSPS) is 13.7. The molecule has 6 heteroatoms. The summed E-state index contributed by atoms with van der Waals surface area (Å²) in [5.41, 5.74) is 2.77. The van der Waals surface area contributed by atoms with Crippen LogP contribution >= 0.6 is 0 Å². The first-order chi connectivity index (χ1) is 15.7. The van der Waals surface area contributed by atoms with Crippen LogP contribution in [0.1, 0.15) is 51.9 Å². The van der Waals surface area contributed by atoms with Crippen molar-refractivity contribution in [2.75, 3.05) is 41.7 Å². The second-order valence-electron chi connectivity index (χ2n) is 8.38. The molecule has 1 aliphatic heterocycles. The monoisotopic (exact) mass is 436 g/mol. The number of piperazine rings is 1. The third-order valence-corrected chi connectivity index (χ3v) is 5.87. The maximum absolute atomic E-state index is 12.5. The van der Waals surface area contributed by atoms with Crippen molar-refractivity contribution >= 4 is 29.0 Å². The maximum Gasteiger partial charge on any atom is 0.321 e. The molecule has 0 atom stereocenters. The summed E-state index contributed by atoms with van der Waals surface area (Å²) in [5.74, 6) is 0.0892. The van der Waals surface area contributed by atoms with Crippen molar-refractivity contribution in [3.05, 3.63) is 54.6 Å². The van der Waals surface area contributed by atoms with E-state index in [1.807, 2.05) is 59.5 Å². The van der Waals surface area contributed by atoms with Crippen LogP contribution in [0.5, 0.6) is 0 Å². The van der Waals surface area contributed by atoms with Gasteiger partial charge < -0.3 is 20.4 Å². The molecule has 1 fully saturated rings. The molecule has 0 radical (unpaired) electrons. The van der Waals surface area contributed by atoms with E-state index >= 15 is 0 Å². The number of rotatable bonds is 10. The predicted molar refractivity (Wildman–Crippen MR) is 132 cm³/mol. The van der Waals surface area contributed by atoms with Crippen molar-refractivity contribution in [3.63, 3.8) is 0 Å². The van der Waals surface area contributed by atoms with Gasteiger partial charge in [-0.1, -0.05) is 57.2 Å². The standard InChI is InChI=1S/C26H36N4O2/c1-2-3-4-5-6-10-13-25(31)27-23-14-16-24(17-15-23)29-18-20-30(21-19-29)26(32)28-22-11-8-7-9-12-22/h7-9,11-12,14-17H,2-6,10,13,18-21H2,1H3,(H,27,31)(H,28,32). The van der Waals surface area contributed by atoms with Gasteiger partial charge in [-0.05, 0) is 42.8 Å². The molecule has 1 aliphatic rings. The van der Waals surface area contributed by atoms with Gasteiger partial charge in [0.15, 0.2) is 0 Å². The van der Waals surface area contributed by atoms with E-state index in [0.717, 1.165) is 43.0 Å². The lowest BCUT2D eigenvalue weighted by atomic mass is 10.1. The minimum Gasteiger partial charge on any atom is -0.368 e. The molecule has 0 unspecified atom stereocenters. The number of para-hydroxylation sites is 1. The van der Waals surface area contributed by atoms with Crippen LogP contribution in [0.4, 0.5) is 21.9 Å². The van der Waals surface area contributed by atoms with Crippen LogP contribution in [0.25, 0.3) is 0 Å². The third kappa shape index (κ3) is 7.59. The Balaban J connectivity index is 1.38. The van der Waals surface area contributed by atoms with Gasteiger partial charge in [-0.2, -0.15) is 0 Å². The van der Waals surface area contributed by atoms with Crippen molar-refractivity contribution in [2.45, 2.75) is 51.9 Å². The molecule has 1 saturated heterocycles. The molecule has 0 saturated carbocycles. The molecule has 32 heavy (non-hydrogen) atoms. The summed E-state index contributed by atoms with van der Waals surface area (Å²) in [7, 11) is 0. The van der Waals surface area contributed by atoms with E-state index < -0.39 is 0 Å². The molecule has 2 N–H and O–H groups in total. The average molecular weight is 437 g/mol. The summed E-state index contributed by atoms with van der Waals surface area (Å²) in [6, 6.07) is 17.5. The van der Waals surface area contributed by atoms with Crippen LogP contribution in [-0.2, 0) is 4.79 Å². The summed E-state index contributed by atoms with van der Waals surface area (Å²) in [4.78, 5) is 28.7. The van der Waals surface area contributed by atoms with Crippen molar-refractivity contribution in [3.8, 4) is 0 Å². The number of carbonyl (C=O) groups is 2. The fourth-order valence-electron chi connectivity index (χ4n) is 3.94. The number of anilines is 3. The summed E-state index contributed by atoms with van der Waals surface area (Å²) in [6.45, 7) is 5.13. The Morgan fingerprint density at radius 1 is 0.750 bits per heavy atom. The Kier molecular flexibility index (Phi) is 9.41. The van der Waals surface area contributed by atoms with Gasteiger partial charge in [-0.3, -0.25) is 4.79 Å². The van der Waals surface area contributed by atoms with Crippen molar-refractivity contribution < 1.29 is 9.59 Å². The molecule has 0 bridgehead atoms. The van der Waals surface area contributed by atoms with Crippen LogP contribution in [0, 0.1) is 0 Å². The Morgan fingerprint density at radius 3 is 2.06 bits per heavy atom. The Morgan fingerprint density at radius 2 is 1.38 bits per heavy atom. The number of nitrogens with one attached hydrogen (secondary N) is 2. The zero-order valence-electron chi connectivity index (χ0n) is 19.2. The molecule has 0 aromatic heterocycles. The first kappa shape index (κ1) is 23.6. The Bertz CT molecular complexity index is 831. The number of urea groups is 1. The summed E-state index contributed by atoms with van der Waals surface area (Å²) in [6.07, 6.45) is 7.69. The highest BCUT2D eigenvalue weighted by molar-refractivity contribution is 5.91. The highest BCUT2D eigenvalue weighted by Gasteiger charge is 2.21. The van der Waals surface area contributed by atoms with E-state index in [0.29, 0.717) is 19.5 Å². The summed E-state index contributed by atoms with van der Waals surface area (Å²) >= 11 is 0. The van der Waals surface area contributed by atoms with E-state index in [1.54, 1.807) is 0 Å². The number of amides is 3. The predicted octanol–water partition coefficient (Wildman–Crippen LogP) is 5.73. The largest absolute Gasteiger partial charge is 0.368 e. The first-order valence-corrected chi connectivity index (χ1v) is 11.9. The molecular weight excluding hydrogens is 400 g/mol. The van der Waals surface area contributed by atoms with Gasteiger partial charge in [0.2, 0.25) is 5.91 Å².